The smallest absolute Gasteiger partial charge is 0.223 e. The summed E-state index contributed by atoms with van der Waals surface area (Å²) in [6, 6.07) is 7.25. The zero-order chi connectivity index (χ0) is 19.0. The number of amides is 1. The van der Waals surface area contributed by atoms with E-state index >= 15 is 0 Å². The summed E-state index contributed by atoms with van der Waals surface area (Å²) in [5, 5.41) is 3.86. The van der Waals surface area contributed by atoms with E-state index in [0.717, 1.165) is 17.9 Å². The number of nitrogens with one attached hydrogen (secondary N) is 1. The Labute approximate surface area is 166 Å². The number of sulfonamides is 1. The summed E-state index contributed by atoms with van der Waals surface area (Å²) in [5.74, 6) is 1.51. The van der Waals surface area contributed by atoms with Gasteiger partial charge in [0.2, 0.25) is 15.9 Å². The number of halogens is 1. The van der Waals surface area contributed by atoms with Crippen LogP contribution in [0.3, 0.4) is 0 Å². The van der Waals surface area contributed by atoms with Crippen molar-refractivity contribution >= 4 is 27.5 Å². The van der Waals surface area contributed by atoms with Crippen LogP contribution < -0.4 is 5.32 Å². The number of piperidine rings is 1. The standard InChI is InChI=1S/C20H27ClN2O3S/c21-18-5-2-14(3-6-18)13-27(25,26)23-9-7-16(8-10-23)20(24)22-19-12-15-1-4-17(19)11-15/h2-3,5-6,15-17,19H,1,4,7-13H2,(H,22,24)/t15-,17+,19-/m0/s1. The Balaban J connectivity index is 1.29. The summed E-state index contributed by atoms with van der Waals surface area (Å²) < 4.78 is 26.9. The molecule has 0 spiro atoms. The molecule has 1 heterocycles. The lowest BCUT2D eigenvalue weighted by molar-refractivity contribution is -0.127. The van der Waals surface area contributed by atoms with Crippen LogP contribution in [0.2, 0.25) is 5.02 Å². The molecule has 0 unspecified atom stereocenters. The molecule has 2 aliphatic carbocycles. The molecule has 148 valence electrons. The zero-order valence-electron chi connectivity index (χ0n) is 15.4. The molecule has 1 aliphatic heterocycles. The third-order valence-corrected chi connectivity index (χ3v) is 8.65. The molecule has 1 saturated heterocycles. The van der Waals surface area contributed by atoms with Crippen molar-refractivity contribution < 1.29 is 13.2 Å². The summed E-state index contributed by atoms with van der Waals surface area (Å²) in [4.78, 5) is 12.6. The fourth-order valence-corrected chi connectivity index (χ4v) is 6.69. The average Bonchev–Trinajstić information content (AvgIpc) is 3.27. The fourth-order valence-electron chi connectivity index (χ4n) is 5.00. The van der Waals surface area contributed by atoms with Gasteiger partial charge in [-0.05, 0) is 61.6 Å². The molecule has 0 aromatic heterocycles. The SMILES string of the molecule is O=C(N[C@H]1C[C@H]2CC[C@@H]1C2)C1CCN(S(=O)(=O)Cc2ccc(Cl)cc2)CC1. The van der Waals surface area contributed by atoms with Crippen LogP contribution in [-0.2, 0) is 20.6 Å². The molecule has 2 saturated carbocycles. The summed E-state index contributed by atoms with van der Waals surface area (Å²) in [6.45, 7) is 0.843. The highest BCUT2D eigenvalue weighted by Gasteiger charge is 2.41. The second-order valence-electron chi connectivity index (χ2n) is 8.35. The van der Waals surface area contributed by atoms with E-state index in [0.29, 0.717) is 42.9 Å². The van der Waals surface area contributed by atoms with Gasteiger partial charge < -0.3 is 5.32 Å². The summed E-state index contributed by atoms with van der Waals surface area (Å²) in [5.41, 5.74) is 0.732. The Morgan fingerprint density at radius 3 is 2.37 bits per heavy atom. The van der Waals surface area contributed by atoms with E-state index in [9.17, 15) is 13.2 Å². The first-order chi connectivity index (χ1) is 12.9. The summed E-state index contributed by atoms with van der Waals surface area (Å²) >= 11 is 5.86. The molecular weight excluding hydrogens is 384 g/mol. The predicted molar refractivity (Wildman–Crippen MR) is 106 cm³/mol. The molecule has 4 rings (SSSR count). The van der Waals surface area contributed by atoms with E-state index in [1.165, 1.54) is 23.6 Å². The number of hydrogen-bond acceptors (Lipinski definition) is 3. The van der Waals surface area contributed by atoms with Crippen LogP contribution >= 0.6 is 11.6 Å². The molecule has 1 N–H and O–H groups in total. The van der Waals surface area contributed by atoms with E-state index in [-0.39, 0.29) is 17.6 Å². The van der Waals surface area contributed by atoms with Gasteiger partial charge in [0, 0.05) is 30.1 Å². The van der Waals surface area contributed by atoms with Crippen LogP contribution in [0.4, 0.5) is 0 Å². The average molecular weight is 411 g/mol. The first-order valence-corrected chi connectivity index (χ1v) is 11.9. The Bertz CT molecular complexity index is 788. The lowest BCUT2D eigenvalue weighted by atomic mass is 9.93. The maximum absolute atomic E-state index is 12.7. The largest absolute Gasteiger partial charge is 0.353 e. The van der Waals surface area contributed by atoms with Crippen LogP contribution in [0.5, 0.6) is 0 Å². The molecule has 7 heteroatoms. The van der Waals surface area contributed by atoms with Gasteiger partial charge in [-0.2, -0.15) is 0 Å². The minimum Gasteiger partial charge on any atom is -0.353 e. The second-order valence-corrected chi connectivity index (χ2v) is 10.8. The number of carbonyl (C=O) groups excluding carboxylic acids is 1. The van der Waals surface area contributed by atoms with E-state index in [1.54, 1.807) is 24.3 Å². The number of rotatable bonds is 5. The quantitative estimate of drug-likeness (QED) is 0.810. The Morgan fingerprint density at radius 1 is 1.07 bits per heavy atom. The number of carbonyl (C=O) groups is 1. The van der Waals surface area contributed by atoms with E-state index in [4.69, 9.17) is 11.6 Å². The maximum atomic E-state index is 12.7. The van der Waals surface area contributed by atoms with Crippen molar-refractivity contribution in [3.63, 3.8) is 0 Å². The molecule has 3 fully saturated rings. The summed E-state index contributed by atoms with van der Waals surface area (Å²) in [7, 11) is -3.37. The highest BCUT2D eigenvalue weighted by Crippen LogP contribution is 2.44. The van der Waals surface area contributed by atoms with E-state index in [2.05, 4.69) is 5.32 Å². The monoisotopic (exact) mass is 410 g/mol. The van der Waals surface area contributed by atoms with Crippen molar-refractivity contribution in [3.05, 3.63) is 34.9 Å². The van der Waals surface area contributed by atoms with Gasteiger partial charge in [-0.25, -0.2) is 12.7 Å². The number of nitrogens with zero attached hydrogens (tertiary/aromatic N) is 1. The van der Waals surface area contributed by atoms with Crippen LogP contribution in [0, 0.1) is 17.8 Å². The van der Waals surface area contributed by atoms with Gasteiger partial charge in [0.05, 0.1) is 5.75 Å². The molecule has 27 heavy (non-hydrogen) atoms. The maximum Gasteiger partial charge on any atom is 0.223 e. The van der Waals surface area contributed by atoms with Gasteiger partial charge in [-0.15, -0.1) is 0 Å². The fraction of sp³-hybridized carbons (Fsp3) is 0.650. The van der Waals surface area contributed by atoms with Gasteiger partial charge in [-0.3, -0.25) is 4.79 Å². The van der Waals surface area contributed by atoms with Gasteiger partial charge in [0.1, 0.15) is 0 Å². The lowest BCUT2D eigenvalue weighted by Gasteiger charge is -2.32. The Kier molecular flexibility index (Phi) is 5.50. The number of benzene rings is 1. The van der Waals surface area contributed by atoms with Crippen molar-refractivity contribution in [1.29, 1.82) is 0 Å². The molecule has 1 aromatic carbocycles. The van der Waals surface area contributed by atoms with Crippen LogP contribution in [0.25, 0.3) is 0 Å². The van der Waals surface area contributed by atoms with Gasteiger partial charge in [0.15, 0.2) is 0 Å². The molecule has 1 amide bonds. The summed E-state index contributed by atoms with van der Waals surface area (Å²) in [6.07, 6.45) is 6.17. The van der Waals surface area contributed by atoms with Crippen LogP contribution in [0.1, 0.15) is 44.1 Å². The minimum atomic E-state index is -3.37. The molecule has 5 nitrogen and oxygen atoms in total. The van der Waals surface area contributed by atoms with Crippen molar-refractivity contribution in [2.75, 3.05) is 13.1 Å². The minimum absolute atomic E-state index is 0.0217. The van der Waals surface area contributed by atoms with Gasteiger partial charge in [-0.1, -0.05) is 30.2 Å². The molecule has 2 bridgehead atoms. The van der Waals surface area contributed by atoms with E-state index < -0.39 is 10.0 Å². The van der Waals surface area contributed by atoms with E-state index in [1.807, 2.05) is 0 Å². The van der Waals surface area contributed by atoms with Crippen LogP contribution in [0.15, 0.2) is 24.3 Å². The highest BCUT2D eigenvalue weighted by molar-refractivity contribution is 7.88. The zero-order valence-corrected chi connectivity index (χ0v) is 17.0. The number of hydrogen-bond donors (Lipinski definition) is 1. The Hall–Kier alpha value is -1.11. The lowest BCUT2D eigenvalue weighted by Crippen LogP contribution is -2.46. The molecular formula is C20H27ClN2O3S. The third-order valence-electron chi connectivity index (χ3n) is 6.55. The first-order valence-electron chi connectivity index (χ1n) is 9.93. The topological polar surface area (TPSA) is 66.5 Å². The molecule has 1 aromatic rings. The van der Waals surface area contributed by atoms with Crippen molar-refractivity contribution in [1.82, 2.24) is 9.62 Å². The number of fused-ring (bicyclic) bond motifs is 2. The van der Waals surface area contributed by atoms with Crippen molar-refractivity contribution in [2.24, 2.45) is 17.8 Å². The van der Waals surface area contributed by atoms with Crippen molar-refractivity contribution in [3.8, 4) is 0 Å². The normalized spacial score (nSPS) is 29.1. The molecule has 3 atom stereocenters. The molecule has 0 radical (unpaired) electrons. The second kappa shape index (κ2) is 7.72. The predicted octanol–water partition coefficient (Wildman–Crippen LogP) is 3.19. The first kappa shape index (κ1) is 19.2. The van der Waals surface area contributed by atoms with Gasteiger partial charge in [0.25, 0.3) is 0 Å². The highest BCUT2D eigenvalue weighted by atomic mass is 35.5. The van der Waals surface area contributed by atoms with Crippen LogP contribution in [-0.4, -0.2) is 37.8 Å². The van der Waals surface area contributed by atoms with Gasteiger partial charge >= 0.3 is 0 Å². The Morgan fingerprint density at radius 2 is 1.78 bits per heavy atom. The van der Waals surface area contributed by atoms with Crippen molar-refractivity contribution in [2.45, 2.75) is 50.3 Å². The molecule has 3 aliphatic rings. The third kappa shape index (κ3) is 4.33.